The van der Waals surface area contributed by atoms with Gasteiger partial charge >= 0.3 is 12.1 Å². The SMILES string of the molecule is COC(=O)c1nc(-c2cc(C(F)(F)F)ccc2Cl)ccc1Cl. The van der Waals surface area contributed by atoms with Gasteiger partial charge in [0.15, 0.2) is 5.69 Å². The molecule has 0 radical (unpaired) electrons. The number of ether oxygens (including phenoxy) is 1. The standard InChI is InChI=1S/C14H8Cl2F3NO2/c1-22-13(21)12-10(16)4-5-11(20-12)8-6-7(14(17,18)19)2-3-9(8)15/h2-6H,1H3. The second-order valence-electron chi connectivity index (χ2n) is 4.21. The maximum atomic E-state index is 12.8. The number of pyridine rings is 1. The second kappa shape index (κ2) is 6.14. The minimum atomic E-state index is -4.52. The first-order valence-corrected chi connectivity index (χ1v) is 6.61. The molecular formula is C14H8Cl2F3NO2. The molecule has 0 unspecified atom stereocenters. The van der Waals surface area contributed by atoms with E-state index in [9.17, 15) is 18.0 Å². The Kier molecular flexibility index (Phi) is 4.63. The van der Waals surface area contributed by atoms with E-state index in [1.807, 2.05) is 0 Å². The van der Waals surface area contributed by atoms with Crippen LogP contribution in [0, 0.1) is 0 Å². The third-order valence-electron chi connectivity index (χ3n) is 2.79. The Labute approximate surface area is 133 Å². The lowest BCUT2D eigenvalue weighted by atomic mass is 10.1. The van der Waals surface area contributed by atoms with Crippen molar-refractivity contribution in [3.8, 4) is 11.3 Å². The molecule has 0 bridgehead atoms. The van der Waals surface area contributed by atoms with Gasteiger partial charge in [0.2, 0.25) is 0 Å². The normalized spacial score (nSPS) is 11.4. The number of benzene rings is 1. The van der Waals surface area contributed by atoms with Crippen molar-refractivity contribution in [3.05, 3.63) is 51.6 Å². The van der Waals surface area contributed by atoms with Crippen molar-refractivity contribution < 1.29 is 22.7 Å². The highest BCUT2D eigenvalue weighted by Gasteiger charge is 2.31. The topological polar surface area (TPSA) is 39.2 Å². The van der Waals surface area contributed by atoms with E-state index in [1.54, 1.807) is 0 Å². The van der Waals surface area contributed by atoms with Crippen LogP contribution < -0.4 is 0 Å². The fourth-order valence-corrected chi connectivity index (χ4v) is 2.13. The Balaban J connectivity index is 2.59. The summed E-state index contributed by atoms with van der Waals surface area (Å²) in [4.78, 5) is 15.5. The van der Waals surface area contributed by atoms with Crippen LogP contribution in [-0.2, 0) is 10.9 Å². The molecule has 8 heteroatoms. The minimum absolute atomic E-state index is 0.0266. The Morgan fingerprint density at radius 2 is 1.77 bits per heavy atom. The summed E-state index contributed by atoms with van der Waals surface area (Å²) in [5, 5.41) is 0.0948. The van der Waals surface area contributed by atoms with Crippen LogP contribution in [0.15, 0.2) is 30.3 Å². The first-order valence-electron chi connectivity index (χ1n) is 5.86. The summed E-state index contributed by atoms with van der Waals surface area (Å²) in [6.45, 7) is 0. The van der Waals surface area contributed by atoms with Gasteiger partial charge in [-0.25, -0.2) is 9.78 Å². The second-order valence-corrected chi connectivity index (χ2v) is 5.03. The molecule has 1 heterocycles. The van der Waals surface area contributed by atoms with Crippen molar-refractivity contribution in [1.82, 2.24) is 4.98 Å². The molecule has 0 fully saturated rings. The van der Waals surface area contributed by atoms with E-state index >= 15 is 0 Å². The van der Waals surface area contributed by atoms with Crippen molar-refractivity contribution in [2.75, 3.05) is 7.11 Å². The predicted octanol–water partition coefficient (Wildman–Crippen LogP) is 4.86. The van der Waals surface area contributed by atoms with Gasteiger partial charge in [-0.1, -0.05) is 23.2 Å². The van der Waals surface area contributed by atoms with E-state index < -0.39 is 17.7 Å². The van der Waals surface area contributed by atoms with Gasteiger partial charge in [0, 0.05) is 10.6 Å². The first-order chi connectivity index (χ1) is 10.2. The number of aromatic nitrogens is 1. The van der Waals surface area contributed by atoms with Gasteiger partial charge < -0.3 is 4.74 Å². The highest BCUT2D eigenvalue weighted by Crippen LogP contribution is 2.35. The fraction of sp³-hybridized carbons (Fsp3) is 0.143. The van der Waals surface area contributed by atoms with Crippen LogP contribution in [0.5, 0.6) is 0 Å². The number of hydrogen-bond acceptors (Lipinski definition) is 3. The molecule has 2 aromatic rings. The van der Waals surface area contributed by atoms with Gasteiger partial charge in [0.05, 0.1) is 23.4 Å². The van der Waals surface area contributed by atoms with Crippen molar-refractivity contribution in [3.63, 3.8) is 0 Å². The quantitative estimate of drug-likeness (QED) is 0.726. The van der Waals surface area contributed by atoms with Crippen molar-refractivity contribution in [2.45, 2.75) is 6.18 Å². The number of carbonyl (C=O) groups excluding carboxylic acids is 1. The molecule has 2 rings (SSSR count). The average molecular weight is 350 g/mol. The lowest BCUT2D eigenvalue weighted by Gasteiger charge is -2.11. The molecule has 0 aliphatic rings. The number of methoxy groups -OCH3 is 1. The number of hydrogen-bond donors (Lipinski definition) is 0. The Morgan fingerprint density at radius 3 is 2.36 bits per heavy atom. The number of nitrogens with zero attached hydrogens (tertiary/aromatic N) is 1. The fourth-order valence-electron chi connectivity index (χ4n) is 1.73. The summed E-state index contributed by atoms with van der Waals surface area (Å²) in [6.07, 6.45) is -4.52. The molecule has 3 nitrogen and oxygen atoms in total. The number of carbonyl (C=O) groups is 1. The lowest BCUT2D eigenvalue weighted by Crippen LogP contribution is -2.07. The smallest absolute Gasteiger partial charge is 0.416 e. The van der Waals surface area contributed by atoms with Gasteiger partial charge in [0.1, 0.15) is 0 Å². The van der Waals surface area contributed by atoms with Crippen molar-refractivity contribution in [2.24, 2.45) is 0 Å². The zero-order valence-corrected chi connectivity index (χ0v) is 12.6. The molecule has 22 heavy (non-hydrogen) atoms. The van der Waals surface area contributed by atoms with Crippen LogP contribution >= 0.6 is 23.2 Å². The van der Waals surface area contributed by atoms with Gasteiger partial charge in [-0.2, -0.15) is 13.2 Å². The van der Waals surface area contributed by atoms with E-state index in [-0.39, 0.29) is 27.0 Å². The van der Waals surface area contributed by atoms with E-state index in [0.29, 0.717) is 0 Å². The number of halogens is 5. The molecule has 1 aromatic carbocycles. The van der Waals surface area contributed by atoms with E-state index in [4.69, 9.17) is 23.2 Å². The Bertz CT molecular complexity index is 733. The molecule has 1 aromatic heterocycles. The van der Waals surface area contributed by atoms with E-state index in [0.717, 1.165) is 25.3 Å². The largest absolute Gasteiger partial charge is 0.464 e. The third-order valence-corrected chi connectivity index (χ3v) is 3.43. The average Bonchev–Trinajstić information content (AvgIpc) is 2.46. The highest BCUT2D eigenvalue weighted by atomic mass is 35.5. The van der Waals surface area contributed by atoms with Crippen molar-refractivity contribution in [1.29, 1.82) is 0 Å². The molecule has 116 valence electrons. The number of esters is 1. The minimum Gasteiger partial charge on any atom is -0.464 e. The van der Waals surface area contributed by atoms with Crippen LogP contribution in [0.25, 0.3) is 11.3 Å². The van der Waals surface area contributed by atoms with Crippen LogP contribution in [0.1, 0.15) is 16.1 Å². The van der Waals surface area contributed by atoms with Gasteiger partial charge in [-0.15, -0.1) is 0 Å². The monoisotopic (exact) mass is 349 g/mol. The van der Waals surface area contributed by atoms with E-state index in [1.165, 1.54) is 12.1 Å². The zero-order chi connectivity index (χ0) is 16.5. The van der Waals surface area contributed by atoms with E-state index in [2.05, 4.69) is 9.72 Å². The van der Waals surface area contributed by atoms with Crippen LogP contribution in [0.4, 0.5) is 13.2 Å². The zero-order valence-electron chi connectivity index (χ0n) is 11.0. The Hall–Kier alpha value is -1.79. The Morgan fingerprint density at radius 1 is 1.14 bits per heavy atom. The summed E-state index contributed by atoms with van der Waals surface area (Å²) < 4.78 is 42.9. The summed E-state index contributed by atoms with van der Waals surface area (Å²) in [5.74, 6) is -0.796. The summed E-state index contributed by atoms with van der Waals surface area (Å²) in [6, 6.07) is 5.55. The predicted molar refractivity (Wildman–Crippen MR) is 76.0 cm³/mol. The van der Waals surface area contributed by atoms with Gasteiger partial charge in [-0.3, -0.25) is 0 Å². The summed E-state index contributed by atoms with van der Waals surface area (Å²) in [5.41, 5.74) is -0.947. The van der Waals surface area contributed by atoms with Gasteiger partial charge in [-0.05, 0) is 30.3 Å². The molecule has 0 atom stereocenters. The number of rotatable bonds is 2. The maximum absolute atomic E-state index is 12.8. The molecule has 0 aliphatic heterocycles. The molecule has 0 aliphatic carbocycles. The summed E-state index contributed by atoms with van der Waals surface area (Å²) >= 11 is 11.8. The molecule has 0 amide bonds. The lowest BCUT2D eigenvalue weighted by molar-refractivity contribution is -0.137. The molecular weight excluding hydrogens is 342 g/mol. The summed E-state index contributed by atoms with van der Waals surface area (Å²) in [7, 11) is 1.14. The highest BCUT2D eigenvalue weighted by molar-refractivity contribution is 6.34. The van der Waals surface area contributed by atoms with Crippen molar-refractivity contribution >= 4 is 29.2 Å². The van der Waals surface area contributed by atoms with Crippen LogP contribution in [-0.4, -0.2) is 18.1 Å². The molecule has 0 saturated heterocycles. The molecule has 0 saturated carbocycles. The van der Waals surface area contributed by atoms with Crippen LogP contribution in [0.3, 0.4) is 0 Å². The van der Waals surface area contributed by atoms with Crippen LogP contribution in [0.2, 0.25) is 10.0 Å². The first kappa shape index (κ1) is 16.6. The molecule has 0 spiro atoms. The van der Waals surface area contributed by atoms with Gasteiger partial charge in [0.25, 0.3) is 0 Å². The number of alkyl halides is 3. The molecule has 0 N–H and O–H groups in total. The maximum Gasteiger partial charge on any atom is 0.416 e. The third kappa shape index (κ3) is 3.34.